The minimum atomic E-state index is -4.60. The number of carboxylic acid groups (broad SMARTS) is 1. The molecule has 0 spiro atoms. The molecule has 1 aliphatic rings. The lowest BCUT2D eigenvalue weighted by atomic mass is 9.96. The van der Waals surface area contributed by atoms with Crippen molar-refractivity contribution in [3.63, 3.8) is 0 Å². The van der Waals surface area contributed by atoms with Gasteiger partial charge in [0.2, 0.25) is 0 Å². The number of halogens is 3. The Morgan fingerprint density at radius 1 is 1.09 bits per heavy atom. The number of benzene rings is 2. The van der Waals surface area contributed by atoms with Crippen LogP contribution in [0.15, 0.2) is 53.6 Å². The molecule has 32 heavy (non-hydrogen) atoms. The molecule has 0 unspecified atom stereocenters. The van der Waals surface area contributed by atoms with Gasteiger partial charge in [0.25, 0.3) is 0 Å². The van der Waals surface area contributed by atoms with E-state index in [1.165, 1.54) is 12.1 Å². The van der Waals surface area contributed by atoms with E-state index in [2.05, 4.69) is 0 Å². The molecule has 3 rings (SSSR count). The lowest BCUT2D eigenvalue weighted by Gasteiger charge is -2.22. The highest BCUT2D eigenvalue weighted by atomic mass is 19.4. The van der Waals surface area contributed by atoms with Crippen LogP contribution >= 0.6 is 0 Å². The van der Waals surface area contributed by atoms with Gasteiger partial charge in [0.15, 0.2) is 0 Å². The third-order valence-corrected chi connectivity index (χ3v) is 5.31. The summed E-state index contributed by atoms with van der Waals surface area (Å²) in [7, 11) is 1.61. The molecule has 8 heteroatoms. The molecular formula is C24H25F3O5. The predicted molar refractivity (Wildman–Crippen MR) is 112 cm³/mol. The van der Waals surface area contributed by atoms with Crippen LogP contribution < -0.4 is 9.47 Å². The van der Waals surface area contributed by atoms with Crippen molar-refractivity contribution < 1.29 is 37.3 Å². The molecule has 1 aliphatic heterocycles. The number of methoxy groups -OCH3 is 1. The largest absolute Gasteiger partial charge is 0.497 e. The third kappa shape index (κ3) is 6.50. The summed E-state index contributed by atoms with van der Waals surface area (Å²) in [6.07, 6.45) is -3.74. The van der Waals surface area contributed by atoms with Gasteiger partial charge in [0.05, 0.1) is 25.9 Å². The van der Waals surface area contributed by atoms with Gasteiger partial charge in [-0.2, -0.15) is 13.2 Å². The SMILES string of the molecule is COc1ccc(CC2=C(COc3ccc(CCC(=O)O)c(C(F)(F)F)c3)COCC2)cc1. The number of ether oxygens (including phenoxy) is 3. The molecule has 1 heterocycles. The summed E-state index contributed by atoms with van der Waals surface area (Å²) in [6, 6.07) is 11.4. The standard InChI is InChI=1S/C24H25F3O5/c1-30-20-6-2-16(3-7-20)12-18-10-11-31-14-19(18)15-32-21-8-4-17(5-9-23(28)29)22(13-21)24(25,26)27/h2-4,6-8,13H,5,9-12,14-15H2,1H3,(H,28,29). The maximum atomic E-state index is 13.5. The van der Waals surface area contributed by atoms with Crippen LogP contribution in [0.5, 0.6) is 11.5 Å². The highest BCUT2D eigenvalue weighted by Gasteiger charge is 2.33. The van der Waals surface area contributed by atoms with Crippen molar-refractivity contribution in [3.05, 3.63) is 70.3 Å². The Morgan fingerprint density at radius 3 is 2.47 bits per heavy atom. The van der Waals surface area contributed by atoms with E-state index in [1.54, 1.807) is 7.11 Å². The van der Waals surface area contributed by atoms with Gasteiger partial charge in [0, 0.05) is 6.42 Å². The molecular weight excluding hydrogens is 425 g/mol. The zero-order valence-electron chi connectivity index (χ0n) is 17.7. The van der Waals surface area contributed by atoms with Crippen LogP contribution in [-0.2, 0) is 28.5 Å². The lowest BCUT2D eigenvalue weighted by molar-refractivity contribution is -0.140. The normalized spacial score (nSPS) is 14.4. The van der Waals surface area contributed by atoms with Crippen LogP contribution in [0.25, 0.3) is 0 Å². The average Bonchev–Trinajstić information content (AvgIpc) is 2.77. The van der Waals surface area contributed by atoms with Gasteiger partial charge in [-0.25, -0.2) is 0 Å². The molecule has 0 fully saturated rings. The first-order valence-corrected chi connectivity index (χ1v) is 10.2. The first-order valence-electron chi connectivity index (χ1n) is 10.2. The van der Waals surface area contributed by atoms with E-state index in [-0.39, 0.29) is 30.8 Å². The summed E-state index contributed by atoms with van der Waals surface area (Å²) >= 11 is 0. The number of alkyl halides is 3. The highest BCUT2D eigenvalue weighted by Crippen LogP contribution is 2.35. The highest BCUT2D eigenvalue weighted by molar-refractivity contribution is 5.67. The zero-order chi connectivity index (χ0) is 23.1. The monoisotopic (exact) mass is 450 g/mol. The Labute approximate surface area is 184 Å². The Balaban J connectivity index is 1.74. The second-order valence-corrected chi connectivity index (χ2v) is 7.53. The van der Waals surface area contributed by atoms with E-state index in [9.17, 15) is 18.0 Å². The first kappa shape index (κ1) is 23.7. The predicted octanol–water partition coefficient (Wildman–Crippen LogP) is 5.07. The summed E-state index contributed by atoms with van der Waals surface area (Å²) in [4.78, 5) is 10.7. The number of aliphatic carboxylic acids is 1. The number of rotatable bonds is 9. The zero-order valence-corrected chi connectivity index (χ0v) is 17.7. The summed E-state index contributed by atoms with van der Waals surface area (Å²) in [5, 5.41) is 8.78. The van der Waals surface area contributed by atoms with Crippen LogP contribution in [0.2, 0.25) is 0 Å². The Kier molecular flexibility index (Phi) is 7.80. The maximum absolute atomic E-state index is 13.5. The molecule has 2 aromatic carbocycles. The quantitative estimate of drug-likeness (QED) is 0.541. The Morgan fingerprint density at radius 2 is 1.81 bits per heavy atom. The van der Waals surface area contributed by atoms with Crippen molar-refractivity contribution in [3.8, 4) is 11.5 Å². The van der Waals surface area contributed by atoms with Crippen LogP contribution in [0.4, 0.5) is 13.2 Å². The van der Waals surface area contributed by atoms with Crippen LogP contribution in [0.3, 0.4) is 0 Å². The van der Waals surface area contributed by atoms with Crippen molar-refractivity contribution in [1.82, 2.24) is 0 Å². The summed E-state index contributed by atoms with van der Waals surface area (Å²) in [6.45, 7) is 1.08. The summed E-state index contributed by atoms with van der Waals surface area (Å²) in [5.41, 5.74) is 2.23. The molecule has 0 bridgehead atoms. The van der Waals surface area contributed by atoms with Gasteiger partial charge in [-0.3, -0.25) is 4.79 Å². The Bertz CT molecular complexity index is 965. The van der Waals surface area contributed by atoms with Crippen LogP contribution in [-0.4, -0.2) is 38.0 Å². The van der Waals surface area contributed by atoms with Gasteiger partial charge in [-0.05, 0) is 60.2 Å². The second-order valence-electron chi connectivity index (χ2n) is 7.53. The molecule has 0 aliphatic carbocycles. The Hall–Kier alpha value is -3.00. The number of carboxylic acids is 1. The minimum Gasteiger partial charge on any atom is -0.497 e. The van der Waals surface area contributed by atoms with Gasteiger partial charge < -0.3 is 19.3 Å². The molecule has 1 N–H and O–H groups in total. The topological polar surface area (TPSA) is 65.0 Å². The van der Waals surface area contributed by atoms with E-state index in [1.807, 2.05) is 24.3 Å². The van der Waals surface area contributed by atoms with Gasteiger partial charge in [-0.1, -0.05) is 23.8 Å². The van der Waals surface area contributed by atoms with E-state index in [4.69, 9.17) is 19.3 Å². The fourth-order valence-corrected chi connectivity index (χ4v) is 3.56. The fraction of sp³-hybridized carbons (Fsp3) is 0.375. The molecule has 172 valence electrons. The molecule has 5 nitrogen and oxygen atoms in total. The first-order chi connectivity index (χ1) is 15.3. The van der Waals surface area contributed by atoms with Crippen molar-refractivity contribution in [2.24, 2.45) is 0 Å². The lowest BCUT2D eigenvalue weighted by Crippen LogP contribution is -2.18. The minimum absolute atomic E-state index is 0.0624. The van der Waals surface area contributed by atoms with Crippen LogP contribution in [0, 0.1) is 0 Å². The molecule has 2 aromatic rings. The van der Waals surface area contributed by atoms with Crippen molar-refractivity contribution in [1.29, 1.82) is 0 Å². The number of hydrogen-bond acceptors (Lipinski definition) is 4. The number of carbonyl (C=O) groups is 1. The van der Waals surface area contributed by atoms with E-state index in [0.717, 1.165) is 34.9 Å². The van der Waals surface area contributed by atoms with E-state index in [0.29, 0.717) is 19.6 Å². The third-order valence-electron chi connectivity index (χ3n) is 5.31. The van der Waals surface area contributed by atoms with Crippen molar-refractivity contribution >= 4 is 5.97 Å². The van der Waals surface area contributed by atoms with Gasteiger partial charge >= 0.3 is 12.1 Å². The number of hydrogen-bond donors (Lipinski definition) is 1. The van der Waals surface area contributed by atoms with Crippen molar-refractivity contribution in [2.75, 3.05) is 26.9 Å². The molecule has 0 radical (unpaired) electrons. The van der Waals surface area contributed by atoms with E-state index < -0.39 is 17.7 Å². The van der Waals surface area contributed by atoms with Crippen LogP contribution in [0.1, 0.15) is 29.5 Å². The second kappa shape index (κ2) is 10.5. The summed E-state index contributed by atoms with van der Waals surface area (Å²) < 4.78 is 56.8. The maximum Gasteiger partial charge on any atom is 0.416 e. The van der Waals surface area contributed by atoms with Gasteiger partial charge in [-0.15, -0.1) is 0 Å². The smallest absolute Gasteiger partial charge is 0.416 e. The average molecular weight is 450 g/mol. The fourth-order valence-electron chi connectivity index (χ4n) is 3.56. The van der Waals surface area contributed by atoms with E-state index >= 15 is 0 Å². The molecule has 0 saturated heterocycles. The van der Waals surface area contributed by atoms with Gasteiger partial charge in [0.1, 0.15) is 18.1 Å². The molecule has 0 amide bonds. The summed E-state index contributed by atoms with van der Waals surface area (Å²) in [5.74, 6) is -0.295. The molecule has 0 atom stereocenters. The molecule has 0 saturated carbocycles. The molecule has 0 aromatic heterocycles. The van der Waals surface area contributed by atoms with Crippen molar-refractivity contribution in [2.45, 2.75) is 31.9 Å². The number of aryl methyl sites for hydroxylation is 1.